The molecule has 2 aromatic rings. The van der Waals surface area contributed by atoms with Gasteiger partial charge in [0, 0.05) is 23.0 Å². The van der Waals surface area contributed by atoms with E-state index in [0.717, 1.165) is 18.5 Å². The summed E-state index contributed by atoms with van der Waals surface area (Å²) >= 11 is 3.39. The number of hydrogen-bond donors (Lipinski definition) is 3. The third-order valence-electron chi connectivity index (χ3n) is 4.22. The topological polar surface area (TPSA) is 88.1 Å². The molecule has 1 aliphatic heterocycles. The third kappa shape index (κ3) is 4.13. The molecule has 2 heterocycles. The van der Waals surface area contributed by atoms with Gasteiger partial charge in [0.25, 0.3) is 5.91 Å². The molecule has 2 atom stereocenters. The van der Waals surface area contributed by atoms with Crippen molar-refractivity contribution in [3.8, 4) is 0 Å². The molecule has 0 spiro atoms. The summed E-state index contributed by atoms with van der Waals surface area (Å²) in [5, 5.41) is 13.6. The molecule has 2 unspecified atom stereocenters. The normalized spacial score (nSPS) is 19.9. The highest BCUT2D eigenvalue weighted by atomic mass is 79.9. The van der Waals surface area contributed by atoms with Gasteiger partial charge < -0.3 is 10.6 Å². The number of hydrogen-bond acceptors (Lipinski definition) is 4. The van der Waals surface area contributed by atoms with Gasteiger partial charge in [0.1, 0.15) is 5.82 Å². The molecule has 1 fully saturated rings. The molecular weight excluding hydrogens is 398 g/mol. The maximum Gasteiger partial charge on any atom is 0.257 e. The zero-order chi connectivity index (χ0) is 18.7. The zero-order valence-electron chi connectivity index (χ0n) is 14.8. The summed E-state index contributed by atoms with van der Waals surface area (Å²) in [6, 6.07) is 9.09. The minimum atomic E-state index is -0.490. The third-order valence-corrected chi connectivity index (χ3v) is 4.91. The number of amides is 2. The van der Waals surface area contributed by atoms with Gasteiger partial charge in [0.05, 0.1) is 11.3 Å². The standard InChI is InChI=1S/C18H22BrN5O2/c1-3-6-12-10-16(25)22-18(20-12)24-15(9-11(2)23-24)21-17(26)13-7-4-5-8-14(13)19/h4-5,7-9,12,18,20H,3,6,10H2,1-2H3,(H,21,26)(H,22,25). The van der Waals surface area contributed by atoms with Gasteiger partial charge in [-0.2, -0.15) is 5.10 Å². The van der Waals surface area contributed by atoms with Crippen LogP contribution in [0.2, 0.25) is 0 Å². The van der Waals surface area contributed by atoms with Crippen molar-refractivity contribution in [3.63, 3.8) is 0 Å². The van der Waals surface area contributed by atoms with Crippen molar-refractivity contribution in [2.24, 2.45) is 0 Å². The van der Waals surface area contributed by atoms with Gasteiger partial charge >= 0.3 is 0 Å². The monoisotopic (exact) mass is 419 g/mol. The minimum Gasteiger partial charge on any atom is -0.322 e. The van der Waals surface area contributed by atoms with Crippen molar-refractivity contribution in [1.29, 1.82) is 0 Å². The summed E-state index contributed by atoms with van der Waals surface area (Å²) in [4.78, 5) is 24.7. The van der Waals surface area contributed by atoms with Crippen molar-refractivity contribution in [3.05, 3.63) is 46.1 Å². The van der Waals surface area contributed by atoms with Crippen LogP contribution in [0.15, 0.2) is 34.8 Å². The summed E-state index contributed by atoms with van der Waals surface area (Å²) < 4.78 is 2.33. The number of carbonyl (C=O) groups is 2. The lowest BCUT2D eigenvalue weighted by Gasteiger charge is -2.32. The van der Waals surface area contributed by atoms with Crippen LogP contribution in [0.25, 0.3) is 0 Å². The van der Waals surface area contributed by atoms with Gasteiger partial charge in [-0.25, -0.2) is 4.68 Å². The van der Waals surface area contributed by atoms with Crippen LogP contribution in [-0.4, -0.2) is 27.6 Å². The van der Waals surface area contributed by atoms with E-state index in [1.807, 2.05) is 19.1 Å². The molecule has 8 heteroatoms. The molecule has 3 N–H and O–H groups in total. The fraction of sp³-hybridized carbons (Fsp3) is 0.389. The predicted molar refractivity (Wildman–Crippen MR) is 103 cm³/mol. The van der Waals surface area contributed by atoms with Gasteiger partial charge in [-0.1, -0.05) is 25.5 Å². The molecule has 0 bridgehead atoms. The van der Waals surface area contributed by atoms with Crippen molar-refractivity contribution in [1.82, 2.24) is 20.4 Å². The maximum atomic E-state index is 12.6. The molecule has 1 aromatic heterocycles. The van der Waals surface area contributed by atoms with E-state index < -0.39 is 6.29 Å². The maximum absolute atomic E-state index is 12.6. The average Bonchev–Trinajstić information content (AvgIpc) is 2.95. The largest absolute Gasteiger partial charge is 0.322 e. The van der Waals surface area contributed by atoms with Crippen LogP contribution >= 0.6 is 15.9 Å². The number of benzene rings is 1. The van der Waals surface area contributed by atoms with E-state index in [1.165, 1.54) is 0 Å². The van der Waals surface area contributed by atoms with Crippen LogP contribution in [0, 0.1) is 6.92 Å². The molecule has 7 nitrogen and oxygen atoms in total. The zero-order valence-corrected chi connectivity index (χ0v) is 16.3. The van der Waals surface area contributed by atoms with Crippen molar-refractivity contribution in [2.45, 2.75) is 45.4 Å². The Bertz CT molecular complexity index is 820. The van der Waals surface area contributed by atoms with Crippen LogP contribution in [0.4, 0.5) is 5.82 Å². The number of nitrogens with zero attached hydrogens (tertiary/aromatic N) is 2. The molecule has 1 aliphatic rings. The van der Waals surface area contributed by atoms with Crippen molar-refractivity contribution in [2.75, 3.05) is 5.32 Å². The molecule has 138 valence electrons. The van der Waals surface area contributed by atoms with Crippen LogP contribution in [0.5, 0.6) is 0 Å². The van der Waals surface area contributed by atoms with Crippen LogP contribution in [0.3, 0.4) is 0 Å². The van der Waals surface area contributed by atoms with Crippen LogP contribution in [0.1, 0.15) is 48.5 Å². The molecule has 0 saturated carbocycles. The molecule has 0 aliphatic carbocycles. The summed E-state index contributed by atoms with van der Waals surface area (Å²) in [6.45, 7) is 3.93. The molecule has 26 heavy (non-hydrogen) atoms. The van der Waals surface area contributed by atoms with E-state index in [9.17, 15) is 9.59 Å². The van der Waals surface area contributed by atoms with Crippen LogP contribution in [-0.2, 0) is 4.79 Å². The van der Waals surface area contributed by atoms with Crippen molar-refractivity contribution < 1.29 is 9.59 Å². The number of aromatic nitrogens is 2. The fourth-order valence-electron chi connectivity index (χ4n) is 3.06. The molecule has 1 saturated heterocycles. The number of halogens is 1. The molecular formula is C18H22BrN5O2. The van der Waals surface area contributed by atoms with Gasteiger partial charge in [-0.15, -0.1) is 0 Å². The Hall–Kier alpha value is -2.19. The first-order chi connectivity index (χ1) is 12.5. The Kier molecular flexibility index (Phi) is 5.73. The van der Waals surface area contributed by atoms with E-state index in [-0.39, 0.29) is 17.9 Å². The molecule has 3 rings (SSSR count). The highest BCUT2D eigenvalue weighted by molar-refractivity contribution is 9.10. The summed E-state index contributed by atoms with van der Waals surface area (Å²) in [5.41, 5.74) is 1.28. The molecule has 2 amide bonds. The second-order valence-electron chi connectivity index (χ2n) is 6.38. The number of anilines is 1. The average molecular weight is 420 g/mol. The van der Waals surface area contributed by atoms with Crippen molar-refractivity contribution >= 4 is 33.6 Å². The van der Waals surface area contributed by atoms with E-state index in [4.69, 9.17) is 0 Å². The number of aryl methyl sites for hydroxylation is 1. The van der Waals surface area contributed by atoms with Gasteiger partial charge in [0.15, 0.2) is 6.29 Å². The quantitative estimate of drug-likeness (QED) is 0.694. The van der Waals surface area contributed by atoms with Gasteiger partial charge in [-0.05, 0) is 41.4 Å². The summed E-state index contributed by atoms with van der Waals surface area (Å²) in [7, 11) is 0. The first-order valence-electron chi connectivity index (χ1n) is 8.65. The van der Waals surface area contributed by atoms with E-state index in [2.05, 4.69) is 43.9 Å². The van der Waals surface area contributed by atoms with E-state index in [1.54, 1.807) is 22.9 Å². The lowest BCUT2D eigenvalue weighted by Crippen LogP contribution is -2.53. The Labute approximate surface area is 160 Å². The number of nitrogens with one attached hydrogen (secondary N) is 3. The first-order valence-corrected chi connectivity index (χ1v) is 9.44. The van der Waals surface area contributed by atoms with Gasteiger partial charge in [0.2, 0.25) is 5.91 Å². The highest BCUT2D eigenvalue weighted by Crippen LogP contribution is 2.21. The van der Waals surface area contributed by atoms with E-state index in [0.29, 0.717) is 22.3 Å². The number of rotatable bonds is 5. The summed E-state index contributed by atoms with van der Waals surface area (Å²) in [5.74, 6) is 0.257. The second-order valence-corrected chi connectivity index (χ2v) is 7.23. The lowest BCUT2D eigenvalue weighted by molar-refractivity contribution is -0.125. The van der Waals surface area contributed by atoms with Gasteiger partial charge in [-0.3, -0.25) is 14.9 Å². The predicted octanol–water partition coefficient (Wildman–Crippen LogP) is 2.94. The van der Waals surface area contributed by atoms with Crippen LogP contribution < -0.4 is 16.0 Å². The smallest absolute Gasteiger partial charge is 0.257 e. The highest BCUT2D eigenvalue weighted by Gasteiger charge is 2.28. The Morgan fingerprint density at radius 2 is 2.19 bits per heavy atom. The molecule has 0 radical (unpaired) electrons. The SMILES string of the molecule is CCCC1CC(=O)NC(n2nc(C)cc2NC(=O)c2ccccc2Br)N1. The Balaban J connectivity index is 1.83. The van der Waals surface area contributed by atoms with E-state index >= 15 is 0 Å². The first kappa shape index (κ1) is 18.6. The minimum absolute atomic E-state index is 0.0246. The molecule has 1 aromatic carbocycles. The second kappa shape index (κ2) is 8.01. The fourth-order valence-corrected chi connectivity index (χ4v) is 3.53. The summed E-state index contributed by atoms with van der Waals surface area (Å²) in [6.07, 6.45) is 1.85. The Morgan fingerprint density at radius 3 is 2.92 bits per heavy atom. The lowest BCUT2D eigenvalue weighted by atomic mass is 10.1. The number of carbonyl (C=O) groups excluding carboxylic acids is 2. The Morgan fingerprint density at radius 1 is 1.42 bits per heavy atom.